The van der Waals surface area contributed by atoms with Crippen LogP contribution < -0.4 is 55.8 Å². The van der Waals surface area contributed by atoms with Crippen LogP contribution in [0.2, 0.25) is 0 Å². The number of ether oxygens (including phenoxy) is 6. The third-order valence-electron chi connectivity index (χ3n) is 7.79. The van der Waals surface area contributed by atoms with Crippen molar-refractivity contribution < 1.29 is 43.6 Å². The predicted octanol–water partition coefficient (Wildman–Crippen LogP) is 6.87. The van der Waals surface area contributed by atoms with Gasteiger partial charge in [0.25, 0.3) is 0 Å². The van der Waals surface area contributed by atoms with Crippen molar-refractivity contribution >= 4 is 57.2 Å². The molecule has 9 nitrogen and oxygen atoms in total. The van der Waals surface area contributed by atoms with Gasteiger partial charge in [0.05, 0.1) is 40.9 Å². The molecular weight excluding hydrogens is 780 g/mol. The van der Waals surface area contributed by atoms with E-state index in [1.807, 2.05) is 60.7 Å². The van der Waals surface area contributed by atoms with Gasteiger partial charge in [-0.3, -0.25) is 0 Å². The normalized spacial score (nSPS) is 13.6. The molecule has 0 bridgehead atoms. The number of benzene rings is 4. The number of nitrogens with one attached hydrogen (secondary N) is 1. The van der Waals surface area contributed by atoms with Crippen LogP contribution in [0.1, 0.15) is 23.2 Å². The Balaban J connectivity index is 0.000000205. The van der Waals surface area contributed by atoms with E-state index < -0.39 is 15.8 Å². The van der Waals surface area contributed by atoms with E-state index in [0.29, 0.717) is 0 Å². The van der Waals surface area contributed by atoms with E-state index in [0.717, 1.165) is 57.0 Å². The fraction of sp³-hybridized carbons (Fsp3) is 0.294. The van der Waals surface area contributed by atoms with E-state index >= 15 is 0 Å². The molecule has 2 aliphatic rings. The Hall–Kier alpha value is -2.54. The second-order valence-electron chi connectivity index (χ2n) is 11.2. The summed E-state index contributed by atoms with van der Waals surface area (Å²) in [5.74, 6) is 4.79. The van der Waals surface area contributed by atoms with Gasteiger partial charge in [0.1, 0.15) is 33.5 Å². The van der Waals surface area contributed by atoms with Gasteiger partial charge in [0.2, 0.25) is 13.6 Å². The third-order valence-corrected chi connectivity index (χ3v) is 10.8. The minimum atomic E-state index is -0.690. The van der Waals surface area contributed by atoms with Gasteiger partial charge < -0.3 is 45.2 Å². The van der Waals surface area contributed by atoms with Gasteiger partial charge in [-0.1, -0.05) is 24.3 Å². The molecule has 258 valence electrons. The Morgan fingerprint density at radius 1 is 0.625 bits per heavy atom. The topological polar surface area (TPSA) is 119 Å². The molecule has 0 amide bonds. The second-order valence-corrected chi connectivity index (χ2v) is 18.9. The Labute approximate surface area is 301 Å². The summed E-state index contributed by atoms with van der Waals surface area (Å²) in [4.78, 5) is 0. The van der Waals surface area contributed by atoms with Crippen LogP contribution in [0.15, 0.2) is 72.8 Å². The number of hydrogen-bond donors (Lipinski definition) is 3. The Bertz CT molecular complexity index is 1520. The van der Waals surface area contributed by atoms with Crippen molar-refractivity contribution in [3.8, 4) is 34.5 Å². The summed E-state index contributed by atoms with van der Waals surface area (Å²) in [5, 5.41) is 6.22. The first-order valence-corrected chi connectivity index (χ1v) is 24.5. The average molecular weight is 824 g/mol. The Kier molecular flexibility index (Phi) is 14.7. The molecule has 6 rings (SSSR count). The molecule has 2 heterocycles. The summed E-state index contributed by atoms with van der Waals surface area (Å²) in [6.45, 7) is 9.63. The first kappa shape index (κ1) is 38.3. The number of nitrogens with two attached hydrogens (primary N) is 2. The monoisotopic (exact) mass is 823 g/mol. The maximum atomic E-state index is 6.24. The number of methoxy groups -OCH3 is 2. The average Bonchev–Trinajstić information content (AvgIpc) is 3.79. The van der Waals surface area contributed by atoms with Crippen LogP contribution in [-0.2, 0) is 15.1 Å². The number of halogens is 2. The zero-order chi connectivity index (χ0) is 34.8. The van der Waals surface area contributed by atoms with Crippen LogP contribution in [0.3, 0.4) is 0 Å². The summed E-state index contributed by atoms with van der Waals surface area (Å²) in [7, 11) is 11.6. The molecule has 4 aromatic rings. The summed E-state index contributed by atoms with van der Waals surface area (Å²) in [6.07, 6.45) is 0. The third kappa shape index (κ3) is 9.37. The molecule has 48 heavy (non-hydrogen) atoms. The van der Waals surface area contributed by atoms with E-state index in [2.05, 4.69) is 44.1 Å². The molecule has 14 heteroatoms. The van der Waals surface area contributed by atoms with E-state index in [4.69, 9.17) is 59.3 Å². The molecule has 2 unspecified atom stereocenters. The van der Waals surface area contributed by atoms with Crippen molar-refractivity contribution in [2.75, 3.05) is 59.8 Å². The summed E-state index contributed by atoms with van der Waals surface area (Å²) >= 11 is -0.346. The number of hydrogen-bond acceptors (Lipinski definition) is 9. The van der Waals surface area contributed by atoms with Gasteiger partial charge >= 0.3 is 34.5 Å². The first-order chi connectivity index (χ1) is 23.1. The van der Waals surface area contributed by atoms with Gasteiger partial charge in [-0.15, -0.1) is 0 Å². The standard InChI is InChI=1S/C18H21NO4P2.C16H20N2O2.2ClH.Ru/c1-24(2)13-7-5-11-17(22-9-20-11)15(13)19-16-14(25(3)4)8-6-12-18(16)23-10-21-12;1-19-13-7-3-11(4-8-13)15(17)16(18)12-5-9-14(20-2)10-6-12;;;/h5-8,19H,9-10H2,1-4H3;3-10,15-16H,17-18H2,1-2H3;2*1H;/q;;;;+4. The van der Waals surface area contributed by atoms with Crippen molar-refractivity contribution in [2.45, 2.75) is 12.1 Å². The van der Waals surface area contributed by atoms with Crippen molar-refractivity contribution in [2.24, 2.45) is 11.5 Å². The molecule has 2 aliphatic heterocycles. The molecule has 0 saturated heterocycles. The van der Waals surface area contributed by atoms with Crippen molar-refractivity contribution in [1.82, 2.24) is 0 Å². The molecule has 0 saturated carbocycles. The zero-order valence-corrected chi connectivity index (χ0v) is 33.0. The Morgan fingerprint density at radius 2 is 0.979 bits per heavy atom. The first-order valence-electron chi connectivity index (χ1n) is 15.0. The van der Waals surface area contributed by atoms with Gasteiger partial charge in [-0.25, -0.2) is 0 Å². The zero-order valence-electron chi connectivity index (χ0n) is 27.7. The maximum absolute atomic E-state index is 6.24. The Morgan fingerprint density at radius 3 is 1.29 bits per heavy atom. The predicted molar refractivity (Wildman–Crippen MR) is 200 cm³/mol. The van der Waals surface area contributed by atoms with Crippen molar-refractivity contribution in [3.63, 3.8) is 0 Å². The van der Waals surface area contributed by atoms with Crippen LogP contribution in [0.25, 0.3) is 0 Å². The molecule has 0 aliphatic carbocycles. The van der Waals surface area contributed by atoms with E-state index in [-0.39, 0.29) is 40.8 Å². The van der Waals surface area contributed by atoms with Gasteiger partial charge in [0, 0.05) is 27.9 Å². The molecule has 0 spiro atoms. The van der Waals surface area contributed by atoms with E-state index in [9.17, 15) is 0 Å². The molecule has 5 N–H and O–H groups in total. The fourth-order valence-electron chi connectivity index (χ4n) is 5.22. The van der Waals surface area contributed by atoms with Crippen LogP contribution in [0.4, 0.5) is 11.4 Å². The molecule has 0 radical (unpaired) electrons. The number of anilines is 2. The molecule has 0 fully saturated rings. The molecule has 4 aromatic carbocycles. The van der Waals surface area contributed by atoms with Gasteiger partial charge in [-0.05, 0) is 59.7 Å². The van der Waals surface area contributed by atoms with Crippen LogP contribution in [0, 0.1) is 0 Å². The van der Waals surface area contributed by atoms with Gasteiger partial charge in [-0.2, -0.15) is 0 Å². The van der Waals surface area contributed by atoms with Crippen LogP contribution in [-0.4, -0.2) is 54.5 Å². The molecular formula is C34H43Cl2N3O6P2Ru+4. The molecule has 2 atom stereocenters. The van der Waals surface area contributed by atoms with Crippen molar-refractivity contribution in [1.29, 1.82) is 0 Å². The fourth-order valence-corrected chi connectivity index (χ4v) is 7.40. The van der Waals surface area contributed by atoms with Crippen LogP contribution >= 0.6 is 35.2 Å². The minimum absolute atomic E-state index is 0.263. The summed E-state index contributed by atoms with van der Waals surface area (Å²) < 4.78 is 33.0. The van der Waals surface area contributed by atoms with Gasteiger partial charge in [0.15, 0.2) is 23.0 Å². The SMILES string of the molecule is COc1ccc(C(N)C(N)c2ccc(OC)cc2)cc1.C[PH+](C)c1ccc2c(c1Nc1c([PH+](C)C)ccc3c1OCO3)OCO2.[Cl][Ru+2][Cl]. The molecule has 0 aromatic heterocycles. The summed E-state index contributed by atoms with van der Waals surface area (Å²) in [6, 6.07) is 23.1. The van der Waals surface area contributed by atoms with E-state index in [1.165, 1.54) is 10.6 Å². The second kappa shape index (κ2) is 18.5. The summed E-state index contributed by atoms with van der Waals surface area (Å²) in [5.41, 5.74) is 16.4. The quantitative estimate of drug-likeness (QED) is 0.123. The number of rotatable bonds is 9. The van der Waals surface area contributed by atoms with Crippen molar-refractivity contribution in [3.05, 3.63) is 83.9 Å². The number of fused-ring (bicyclic) bond motifs is 2. The van der Waals surface area contributed by atoms with E-state index in [1.54, 1.807) is 14.2 Å². The van der Waals surface area contributed by atoms with Crippen LogP contribution in [0.5, 0.6) is 34.5 Å².